The van der Waals surface area contributed by atoms with Crippen molar-refractivity contribution < 1.29 is 28.7 Å². The van der Waals surface area contributed by atoms with Gasteiger partial charge in [-0.3, -0.25) is 10.1 Å². The number of nitro groups is 1. The number of esters is 1. The Labute approximate surface area is 207 Å². The van der Waals surface area contributed by atoms with Gasteiger partial charge in [-0.15, -0.1) is 0 Å². The Morgan fingerprint density at radius 1 is 1.11 bits per heavy atom. The van der Waals surface area contributed by atoms with Gasteiger partial charge in [0.1, 0.15) is 6.04 Å². The summed E-state index contributed by atoms with van der Waals surface area (Å²) in [5.74, 6) is 1.36. The van der Waals surface area contributed by atoms with E-state index >= 15 is 0 Å². The highest BCUT2D eigenvalue weighted by Gasteiger charge is 2.32. The average Bonchev–Trinajstić information content (AvgIpc) is 2.86. The van der Waals surface area contributed by atoms with Crippen molar-refractivity contribution in [3.05, 3.63) is 68.9 Å². The van der Waals surface area contributed by atoms with Crippen LogP contribution in [0.25, 0.3) is 0 Å². The Kier molecular flexibility index (Phi) is 8.58. The molecule has 0 aliphatic carbocycles. The molecule has 1 atom stereocenters. The minimum Gasteiger partial charge on any atom is -0.493 e. The van der Waals surface area contributed by atoms with Crippen LogP contribution in [-0.2, 0) is 15.3 Å². The lowest BCUT2D eigenvalue weighted by Crippen LogP contribution is -2.30. The molecule has 11 heteroatoms. The number of hydrogen-bond acceptors (Lipinski definition) is 10. The van der Waals surface area contributed by atoms with Crippen LogP contribution in [0.5, 0.6) is 17.2 Å². The van der Waals surface area contributed by atoms with E-state index in [0.717, 1.165) is 5.56 Å². The summed E-state index contributed by atoms with van der Waals surface area (Å²) in [5.41, 5.74) is 2.58. The predicted molar refractivity (Wildman–Crippen MR) is 133 cm³/mol. The van der Waals surface area contributed by atoms with Crippen LogP contribution < -0.4 is 19.5 Å². The summed E-state index contributed by atoms with van der Waals surface area (Å²) in [6.45, 7) is 3.76. The first-order chi connectivity index (χ1) is 16.8. The van der Waals surface area contributed by atoms with Crippen LogP contribution in [0, 0.1) is 10.1 Å². The second-order valence-corrected chi connectivity index (χ2v) is 8.36. The van der Waals surface area contributed by atoms with Gasteiger partial charge in [0.15, 0.2) is 16.7 Å². The quantitative estimate of drug-likeness (QED) is 0.303. The van der Waals surface area contributed by atoms with E-state index < -0.39 is 16.9 Å². The van der Waals surface area contributed by atoms with Crippen molar-refractivity contribution in [1.82, 2.24) is 5.32 Å². The maximum atomic E-state index is 12.9. The van der Waals surface area contributed by atoms with E-state index in [1.165, 1.54) is 45.2 Å². The van der Waals surface area contributed by atoms with Gasteiger partial charge in [0, 0.05) is 23.6 Å². The summed E-state index contributed by atoms with van der Waals surface area (Å²) in [5, 5.41) is 14.7. The van der Waals surface area contributed by atoms with Crippen LogP contribution in [0.3, 0.4) is 0 Å². The van der Waals surface area contributed by atoms with Crippen molar-refractivity contribution in [2.75, 3.05) is 27.9 Å². The van der Waals surface area contributed by atoms with Gasteiger partial charge in [-0.1, -0.05) is 23.9 Å². The van der Waals surface area contributed by atoms with Gasteiger partial charge < -0.3 is 24.3 Å². The van der Waals surface area contributed by atoms with Gasteiger partial charge in [-0.25, -0.2) is 9.79 Å². The molecule has 0 fully saturated rings. The predicted octanol–water partition coefficient (Wildman–Crippen LogP) is 4.39. The van der Waals surface area contributed by atoms with Crippen molar-refractivity contribution >= 4 is 28.6 Å². The SMILES string of the molecule is CCOC(=O)C1=C(C)NC(SCc2ccc([N+](=O)[O-])cc2)=N[C@H]1c1cc(OC)c(OC)c(OC)c1. The maximum Gasteiger partial charge on any atom is 0.338 e. The number of carbonyl (C=O) groups excluding carboxylic acids is 1. The fourth-order valence-corrected chi connectivity index (χ4v) is 4.46. The van der Waals surface area contributed by atoms with E-state index in [1.807, 2.05) is 0 Å². The van der Waals surface area contributed by atoms with Gasteiger partial charge in [0.2, 0.25) is 5.75 Å². The lowest BCUT2D eigenvalue weighted by atomic mass is 9.96. The molecular weight excluding hydrogens is 474 g/mol. The number of nitrogens with one attached hydrogen (secondary N) is 1. The Balaban J connectivity index is 1.97. The number of carbonyl (C=O) groups is 1. The third-order valence-corrected chi connectivity index (χ3v) is 6.20. The number of aliphatic imine (C=N–C) groups is 1. The van der Waals surface area contributed by atoms with E-state index in [1.54, 1.807) is 38.1 Å². The summed E-state index contributed by atoms with van der Waals surface area (Å²) >= 11 is 1.42. The van der Waals surface area contributed by atoms with E-state index in [0.29, 0.717) is 45.0 Å². The molecule has 0 amide bonds. The second kappa shape index (κ2) is 11.6. The molecular formula is C24H27N3O7S. The molecule has 1 heterocycles. The van der Waals surface area contributed by atoms with E-state index in [4.69, 9.17) is 23.9 Å². The minimum absolute atomic E-state index is 0.0344. The fraction of sp³-hybridized carbons (Fsp3) is 0.333. The van der Waals surface area contributed by atoms with Gasteiger partial charge in [0.05, 0.1) is 38.4 Å². The van der Waals surface area contributed by atoms with Gasteiger partial charge in [-0.05, 0) is 37.1 Å². The van der Waals surface area contributed by atoms with Crippen LogP contribution in [0.1, 0.15) is 31.0 Å². The zero-order valence-corrected chi connectivity index (χ0v) is 20.9. The lowest BCUT2D eigenvalue weighted by molar-refractivity contribution is -0.384. The van der Waals surface area contributed by atoms with Crippen LogP contribution in [-0.4, -0.2) is 44.0 Å². The number of ether oxygens (including phenoxy) is 4. The molecule has 0 aromatic heterocycles. The summed E-state index contributed by atoms with van der Waals surface area (Å²) in [7, 11) is 4.56. The third kappa shape index (κ3) is 5.86. The largest absolute Gasteiger partial charge is 0.493 e. The number of thioether (sulfide) groups is 1. The van der Waals surface area contributed by atoms with Crippen LogP contribution in [0.4, 0.5) is 5.69 Å². The molecule has 0 bridgehead atoms. The molecule has 0 saturated carbocycles. The summed E-state index contributed by atoms with van der Waals surface area (Å²) < 4.78 is 21.7. The molecule has 2 aromatic carbocycles. The number of allylic oxidation sites excluding steroid dienone is 1. The van der Waals surface area contributed by atoms with Gasteiger partial charge in [0.25, 0.3) is 5.69 Å². The highest BCUT2D eigenvalue weighted by Crippen LogP contribution is 2.43. The highest BCUT2D eigenvalue weighted by molar-refractivity contribution is 8.13. The van der Waals surface area contributed by atoms with Crippen molar-refractivity contribution in [1.29, 1.82) is 0 Å². The molecule has 10 nitrogen and oxygen atoms in total. The molecule has 1 N–H and O–H groups in total. The van der Waals surface area contributed by atoms with E-state index in [9.17, 15) is 14.9 Å². The lowest BCUT2D eigenvalue weighted by Gasteiger charge is -2.26. The van der Waals surface area contributed by atoms with Crippen molar-refractivity contribution in [2.45, 2.75) is 25.6 Å². The Morgan fingerprint density at radius 2 is 1.74 bits per heavy atom. The molecule has 0 saturated heterocycles. The Hall–Kier alpha value is -3.73. The van der Waals surface area contributed by atoms with Crippen LogP contribution in [0.15, 0.2) is 52.7 Å². The molecule has 0 unspecified atom stereocenters. The molecule has 2 aromatic rings. The number of hydrogen-bond donors (Lipinski definition) is 1. The molecule has 186 valence electrons. The average molecular weight is 502 g/mol. The zero-order valence-electron chi connectivity index (χ0n) is 20.1. The van der Waals surface area contributed by atoms with Gasteiger partial charge in [-0.2, -0.15) is 0 Å². The van der Waals surface area contributed by atoms with Crippen molar-refractivity contribution in [3.63, 3.8) is 0 Å². The first kappa shape index (κ1) is 25.9. The van der Waals surface area contributed by atoms with E-state index in [-0.39, 0.29) is 12.3 Å². The summed E-state index contributed by atoms with van der Waals surface area (Å²) in [6.07, 6.45) is 0. The molecule has 0 radical (unpaired) electrons. The van der Waals surface area contributed by atoms with Gasteiger partial charge >= 0.3 is 5.97 Å². The second-order valence-electron chi connectivity index (χ2n) is 7.39. The summed E-state index contributed by atoms with van der Waals surface area (Å²) in [6, 6.07) is 9.18. The number of amidine groups is 1. The summed E-state index contributed by atoms with van der Waals surface area (Å²) in [4.78, 5) is 28.1. The Bertz CT molecular complexity index is 1140. The molecule has 3 rings (SSSR count). The van der Waals surface area contributed by atoms with Crippen molar-refractivity contribution in [2.24, 2.45) is 4.99 Å². The standard InChI is InChI=1S/C24H27N3O7S/c1-6-34-23(28)20-14(2)25-24(35-13-15-7-9-17(10-8-15)27(29)30)26-21(20)16-11-18(31-3)22(33-5)19(12-16)32-4/h7-12,21H,6,13H2,1-5H3,(H,25,26)/t21-/m0/s1. The smallest absolute Gasteiger partial charge is 0.338 e. The maximum absolute atomic E-state index is 12.9. The van der Waals surface area contributed by atoms with Crippen LogP contribution in [0.2, 0.25) is 0 Å². The first-order valence-corrected chi connectivity index (χ1v) is 11.7. The van der Waals surface area contributed by atoms with E-state index in [2.05, 4.69) is 5.32 Å². The Morgan fingerprint density at radius 3 is 2.26 bits per heavy atom. The monoisotopic (exact) mass is 501 g/mol. The third-order valence-electron chi connectivity index (χ3n) is 5.24. The van der Waals surface area contributed by atoms with Crippen LogP contribution >= 0.6 is 11.8 Å². The molecule has 1 aliphatic rings. The number of nitrogens with zero attached hydrogens (tertiary/aromatic N) is 2. The topological polar surface area (TPSA) is 122 Å². The normalized spacial score (nSPS) is 15.1. The minimum atomic E-state index is -0.677. The number of rotatable bonds is 9. The molecule has 35 heavy (non-hydrogen) atoms. The molecule has 1 aliphatic heterocycles. The number of nitro benzene ring substituents is 1. The molecule has 0 spiro atoms. The number of methoxy groups -OCH3 is 3. The number of benzene rings is 2. The number of non-ortho nitro benzene ring substituents is 1. The zero-order chi connectivity index (χ0) is 25.5. The first-order valence-electron chi connectivity index (χ1n) is 10.7. The fourth-order valence-electron chi connectivity index (χ4n) is 3.56. The highest BCUT2D eigenvalue weighted by atomic mass is 32.2. The van der Waals surface area contributed by atoms with Crippen molar-refractivity contribution in [3.8, 4) is 17.2 Å².